The Balaban J connectivity index is 1.47. The molecule has 0 saturated heterocycles. The van der Waals surface area contributed by atoms with E-state index in [9.17, 15) is 4.79 Å². The number of hydrogen-bond donors (Lipinski definition) is 4. The van der Waals surface area contributed by atoms with Crippen LogP contribution in [0.1, 0.15) is 29.8 Å². The third kappa shape index (κ3) is 4.63. The number of nitrogens with one attached hydrogen (secondary N) is 3. The molecule has 1 unspecified atom stereocenters. The highest BCUT2D eigenvalue weighted by Gasteiger charge is 2.31. The number of carbonyl (C=O) groups is 1. The molecular weight excluding hydrogens is 480 g/mol. The number of aromatic nitrogens is 3. The van der Waals surface area contributed by atoms with Crippen LogP contribution in [0.15, 0.2) is 69.6 Å². The summed E-state index contributed by atoms with van der Waals surface area (Å²) in [4.78, 5) is 26.8. The van der Waals surface area contributed by atoms with Crippen LogP contribution < -0.4 is 21.7 Å². The molecule has 2 aromatic carbocycles. The number of aliphatic imine (C=N–C) groups is 1. The molecule has 1 atom stereocenters. The maximum atomic E-state index is 13.3. The second-order valence-corrected chi connectivity index (χ2v) is 9.03. The second-order valence-electron chi connectivity index (χ2n) is 8.62. The number of amides is 1. The lowest BCUT2D eigenvalue weighted by atomic mass is 9.95. The Bertz CT molecular complexity index is 1530. The molecule has 36 heavy (non-hydrogen) atoms. The predicted octanol–water partition coefficient (Wildman–Crippen LogP) is 3.81. The van der Waals surface area contributed by atoms with Gasteiger partial charge in [-0.25, -0.2) is 9.98 Å². The number of hydrogen-bond acceptors (Lipinski definition) is 8. The van der Waals surface area contributed by atoms with Crippen LogP contribution >= 0.6 is 11.6 Å². The molecule has 5 rings (SSSR count). The number of anilines is 2. The molecule has 0 fully saturated rings. The third-order valence-corrected chi connectivity index (χ3v) is 6.12. The molecule has 1 amide bonds. The SMILES string of the molecule is CC1=C(C(=O)NCc2cn(C)cn2)C(c2ccc(C)cc2Cl)N=C(Nc2nc3cccc(N)c3o2)N1. The highest BCUT2D eigenvalue weighted by atomic mass is 35.5. The minimum atomic E-state index is -0.667. The zero-order valence-corrected chi connectivity index (χ0v) is 20.7. The summed E-state index contributed by atoms with van der Waals surface area (Å²) in [6, 6.07) is 10.6. The Kier molecular flexibility index (Phi) is 6.11. The van der Waals surface area contributed by atoms with Gasteiger partial charge in [0, 0.05) is 29.5 Å². The van der Waals surface area contributed by atoms with Crippen molar-refractivity contribution in [2.24, 2.45) is 12.0 Å². The van der Waals surface area contributed by atoms with Crippen LogP contribution in [0.25, 0.3) is 11.1 Å². The van der Waals surface area contributed by atoms with E-state index in [0.29, 0.717) is 44.6 Å². The third-order valence-electron chi connectivity index (χ3n) is 5.80. The van der Waals surface area contributed by atoms with Crippen LogP contribution in [0.2, 0.25) is 5.02 Å². The average molecular weight is 505 g/mol. The van der Waals surface area contributed by atoms with Gasteiger partial charge >= 0.3 is 6.01 Å². The summed E-state index contributed by atoms with van der Waals surface area (Å²) >= 11 is 6.61. The first kappa shape index (κ1) is 23.4. The minimum absolute atomic E-state index is 0.221. The van der Waals surface area contributed by atoms with Gasteiger partial charge in [-0.15, -0.1) is 0 Å². The zero-order chi connectivity index (χ0) is 25.4. The molecule has 0 spiro atoms. The standard InChI is InChI=1S/C25H25ClN8O2/c1-13-7-8-16(17(26)9-13)21-20(23(35)28-10-15-11-34(3)12-29-15)14(2)30-24(32-21)33-25-31-19-6-4-5-18(27)22(19)36-25/h4-9,11-12,21H,10,27H2,1-3H3,(H,28,35)(H2,30,31,32,33). The molecule has 1 aliphatic rings. The number of aryl methyl sites for hydroxylation is 2. The average Bonchev–Trinajstić information content (AvgIpc) is 3.43. The van der Waals surface area contributed by atoms with Crippen molar-refractivity contribution in [2.75, 3.05) is 11.1 Å². The lowest BCUT2D eigenvalue weighted by Crippen LogP contribution is -2.39. The minimum Gasteiger partial charge on any atom is -0.421 e. The Morgan fingerprint density at radius 2 is 2.11 bits per heavy atom. The van der Waals surface area contributed by atoms with E-state index in [1.54, 1.807) is 24.5 Å². The number of nitrogens with zero attached hydrogens (tertiary/aromatic N) is 4. The van der Waals surface area contributed by atoms with E-state index in [-0.39, 0.29) is 18.5 Å². The van der Waals surface area contributed by atoms with Crippen molar-refractivity contribution in [1.82, 2.24) is 25.2 Å². The normalized spacial score (nSPS) is 15.6. The Labute approximate surface area is 212 Å². The van der Waals surface area contributed by atoms with Crippen molar-refractivity contribution in [3.05, 3.63) is 82.0 Å². The van der Waals surface area contributed by atoms with Gasteiger partial charge in [-0.3, -0.25) is 10.1 Å². The van der Waals surface area contributed by atoms with Gasteiger partial charge in [0.1, 0.15) is 11.6 Å². The van der Waals surface area contributed by atoms with E-state index in [0.717, 1.165) is 11.3 Å². The van der Waals surface area contributed by atoms with E-state index in [1.165, 1.54) is 0 Å². The van der Waals surface area contributed by atoms with Crippen LogP contribution in [-0.2, 0) is 18.4 Å². The van der Waals surface area contributed by atoms with Gasteiger partial charge in [0.05, 0.1) is 29.8 Å². The van der Waals surface area contributed by atoms with E-state index in [4.69, 9.17) is 26.7 Å². The Hall–Kier alpha value is -4.31. The number of imidazole rings is 1. The maximum Gasteiger partial charge on any atom is 0.302 e. The van der Waals surface area contributed by atoms with Crippen LogP contribution in [0.3, 0.4) is 0 Å². The number of benzene rings is 2. The fourth-order valence-electron chi connectivity index (χ4n) is 4.06. The van der Waals surface area contributed by atoms with E-state index in [1.807, 2.05) is 49.9 Å². The number of halogens is 1. The summed E-state index contributed by atoms with van der Waals surface area (Å²) in [5.74, 6) is 0.0882. The molecule has 3 heterocycles. The van der Waals surface area contributed by atoms with Crippen molar-refractivity contribution >= 4 is 46.3 Å². The quantitative estimate of drug-likeness (QED) is 0.303. The molecule has 5 N–H and O–H groups in total. The maximum absolute atomic E-state index is 13.3. The lowest BCUT2D eigenvalue weighted by Gasteiger charge is -2.27. The van der Waals surface area contributed by atoms with E-state index < -0.39 is 6.04 Å². The van der Waals surface area contributed by atoms with Gasteiger partial charge < -0.3 is 25.4 Å². The number of rotatable bonds is 5. The summed E-state index contributed by atoms with van der Waals surface area (Å²) in [6.07, 6.45) is 3.53. The second kappa shape index (κ2) is 9.38. The molecule has 10 nitrogen and oxygen atoms in total. The van der Waals surface area contributed by atoms with E-state index in [2.05, 4.69) is 25.9 Å². The predicted molar refractivity (Wildman–Crippen MR) is 139 cm³/mol. The van der Waals surface area contributed by atoms with Gasteiger partial charge in [-0.1, -0.05) is 29.8 Å². The van der Waals surface area contributed by atoms with Crippen LogP contribution in [0.4, 0.5) is 11.7 Å². The summed E-state index contributed by atoms with van der Waals surface area (Å²) in [5, 5.41) is 9.67. The fourth-order valence-corrected chi connectivity index (χ4v) is 4.40. The molecular formula is C25H25ClN8O2. The Morgan fingerprint density at radius 3 is 2.83 bits per heavy atom. The summed E-state index contributed by atoms with van der Waals surface area (Å²) in [6.45, 7) is 4.05. The largest absolute Gasteiger partial charge is 0.421 e. The number of oxazole rings is 1. The highest BCUT2D eigenvalue weighted by molar-refractivity contribution is 6.31. The molecule has 1 aliphatic heterocycles. The van der Waals surface area contributed by atoms with Gasteiger partial charge in [0.25, 0.3) is 5.91 Å². The van der Waals surface area contributed by atoms with Gasteiger partial charge in [-0.05, 0) is 37.6 Å². The first-order valence-electron chi connectivity index (χ1n) is 11.3. The number of allylic oxidation sites excluding steroid dienone is 1. The Morgan fingerprint density at radius 1 is 1.28 bits per heavy atom. The monoisotopic (exact) mass is 504 g/mol. The van der Waals surface area contributed by atoms with Gasteiger partial charge in [0.2, 0.25) is 5.96 Å². The van der Waals surface area contributed by atoms with Gasteiger partial charge in [0.15, 0.2) is 5.58 Å². The summed E-state index contributed by atoms with van der Waals surface area (Å²) in [7, 11) is 1.87. The van der Waals surface area contributed by atoms with Crippen molar-refractivity contribution in [2.45, 2.75) is 26.4 Å². The zero-order valence-electron chi connectivity index (χ0n) is 20.0. The van der Waals surface area contributed by atoms with Crippen molar-refractivity contribution < 1.29 is 9.21 Å². The summed E-state index contributed by atoms with van der Waals surface area (Å²) in [5.41, 5.74) is 11.1. The van der Waals surface area contributed by atoms with Gasteiger partial charge in [-0.2, -0.15) is 4.98 Å². The van der Waals surface area contributed by atoms with E-state index >= 15 is 0 Å². The molecule has 0 bridgehead atoms. The number of fused-ring (bicyclic) bond motifs is 1. The van der Waals surface area contributed by atoms with Crippen LogP contribution in [-0.4, -0.2) is 26.4 Å². The van der Waals surface area contributed by atoms with Crippen molar-refractivity contribution in [3.8, 4) is 0 Å². The summed E-state index contributed by atoms with van der Waals surface area (Å²) < 4.78 is 7.61. The number of nitrogen functional groups attached to an aromatic ring is 1. The molecule has 0 aliphatic carbocycles. The lowest BCUT2D eigenvalue weighted by molar-refractivity contribution is -0.118. The van der Waals surface area contributed by atoms with Crippen LogP contribution in [0.5, 0.6) is 0 Å². The van der Waals surface area contributed by atoms with Crippen molar-refractivity contribution in [3.63, 3.8) is 0 Å². The molecule has 184 valence electrons. The topological polar surface area (TPSA) is 135 Å². The smallest absolute Gasteiger partial charge is 0.302 e. The first-order valence-corrected chi connectivity index (χ1v) is 11.6. The molecule has 11 heteroatoms. The van der Waals surface area contributed by atoms with Crippen molar-refractivity contribution in [1.29, 1.82) is 0 Å². The number of para-hydroxylation sites is 1. The molecule has 2 aromatic heterocycles. The molecule has 0 radical (unpaired) electrons. The molecule has 0 saturated carbocycles. The number of carbonyl (C=O) groups excluding carboxylic acids is 1. The molecule has 4 aromatic rings. The van der Waals surface area contributed by atoms with Crippen LogP contribution in [0, 0.1) is 6.92 Å². The fraction of sp³-hybridized carbons (Fsp3) is 0.200. The number of guanidine groups is 1. The number of nitrogens with two attached hydrogens (primary N) is 1. The highest BCUT2D eigenvalue weighted by Crippen LogP contribution is 2.35. The first-order chi connectivity index (χ1) is 17.3.